The van der Waals surface area contributed by atoms with Crippen LogP contribution in [0.3, 0.4) is 0 Å². The lowest BCUT2D eigenvalue weighted by atomic mass is 10.2. The van der Waals surface area contributed by atoms with E-state index < -0.39 is 0 Å². The first-order valence-corrected chi connectivity index (χ1v) is 10.7. The molecule has 4 heterocycles. The average Bonchev–Trinajstić information content (AvgIpc) is 3.33. The van der Waals surface area contributed by atoms with Crippen LogP contribution in [0.1, 0.15) is 10.4 Å². The molecule has 8 heteroatoms. The normalized spacial score (nSPS) is 11.2. The van der Waals surface area contributed by atoms with E-state index in [-0.39, 0.29) is 0 Å². The zero-order chi connectivity index (χ0) is 19.6. The average molecular weight is 417 g/mol. The van der Waals surface area contributed by atoms with Gasteiger partial charge in [-0.25, -0.2) is 9.97 Å². The Labute approximate surface area is 175 Å². The number of benzene rings is 1. The van der Waals surface area contributed by atoms with Gasteiger partial charge in [-0.3, -0.25) is 9.55 Å². The quantitative estimate of drug-likeness (QED) is 0.381. The molecule has 0 amide bonds. The van der Waals surface area contributed by atoms with Crippen LogP contribution in [0.2, 0.25) is 0 Å². The molecule has 0 aliphatic carbocycles. The minimum atomic E-state index is 0.671. The summed E-state index contributed by atoms with van der Waals surface area (Å²) in [7, 11) is 0. The summed E-state index contributed by atoms with van der Waals surface area (Å²) < 4.78 is 2.13. The predicted molar refractivity (Wildman–Crippen MR) is 115 cm³/mol. The number of nitrogens with zero attached hydrogens (tertiary/aromatic N) is 6. The third kappa shape index (κ3) is 3.64. The highest BCUT2D eigenvalue weighted by Crippen LogP contribution is 2.35. The number of thiophene rings is 1. The van der Waals surface area contributed by atoms with Crippen molar-refractivity contribution in [3.05, 3.63) is 77.7 Å². The predicted octanol–water partition coefficient (Wildman–Crippen LogP) is 4.85. The van der Waals surface area contributed by atoms with Crippen LogP contribution >= 0.6 is 23.1 Å². The van der Waals surface area contributed by atoms with Gasteiger partial charge in [0.1, 0.15) is 16.2 Å². The molecule has 0 atom stereocenters. The molecule has 6 nitrogen and oxygen atoms in total. The fraction of sp³-hybridized carbons (Fsp3) is 0.0952. The maximum atomic E-state index is 4.51. The van der Waals surface area contributed by atoms with Crippen LogP contribution in [0.4, 0.5) is 0 Å². The maximum absolute atomic E-state index is 4.51. The molecule has 4 aromatic heterocycles. The van der Waals surface area contributed by atoms with E-state index in [4.69, 9.17) is 0 Å². The van der Waals surface area contributed by atoms with Crippen LogP contribution in [0.25, 0.3) is 21.6 Å². The molecule has 1 aromatic carbocycles. The van der Waals surface area contributed by atoms with Gasteiger partial charge in [-0.15, -0.1) is 21.5 Å². The van der Waals surface area contributed by atoms with Crippen molar-refractivity contribution in [1.29, 1.82) is 0 Å². The minimum absolute atomic E-state index is 0.671. The molecule has 0 aliphatic heterocycles. The Bertz CT molecular complexity index is 1260. The van der Waals surface area contributed by atoms with E-state index in [9.17, 15) is 0 Å². The fourth-order valence-electron chi connectivity index (χ4n) is 3.11. The maximum Gasteiger partial charge on any atom is 0.198 e. The van der Waals surface area contributed by atoms with Crippen molar-refractivity contribution in [3.8, 4) is 11.4 Å². The summed E-state index contributed by atoms with van der Waals surface area (Å²) in [5.41, 5.74) is 2.16. The van der Waals surface area contributed by atoms with Crippen LogP contribution in [-0.2, 0) is 6.54 Å². The second-order valence-electron chi connectivity index (χ2n) is 6.47. The van der Waals surface area contributed by atoms with E-state index in [0.717, 1.165) is 31.8 Å². The standard InChI is InChI=1S/C21H16N6S2/c1-14-11-17-19(28-14)23-13-24-20(17)29-21-26-25-18(16-7-9-22-10-8-16)27(21)12-15-5-3-2-4-6-15/h2-11,13H,12H2,1H3. The number of pyridine rings is 1. The van der Waals surface area contributed by atoms with Crippen molar-refractivity contribution in [2.45, 2.75) is 23.7 Å². The van der Waals surface area contributed by atoms with E-state index in [2.05, 4.69) is 54.8 Å². The first kappa shape index (κ1) is 18.0. The Kier molecular flexibility index (Phi) is 4.79. The van der Waals surface area contributed by atoms with Gasteiger partial charge in [-0.1, -0.05) is 30.3 Å². The second-order valence-corrected chi connectivity index (χ2v) is 8.66. The summed E-state index contributed by atoms with van der Waals surface area (Å²) in [6.07, 6.45) is 5.15. The van der Waals surface area contributed by atoms with Gasteiger partial charge >= 0.3 is 0 Å². The van der Waals surface area contributed by atoms with E-state index >= 15 is 0 Å². The molecule has 0 bridgehead atoms. The van der Waals surface area contributed by atoms with Gasteiger partial charge in [-0.05, 0) is 42.4 Å². The molecule has 0 unspecified atom stereocenters. The van der Waals surface area contributed by atoms with Crippen molar-refractivity contribution in [2.75, 3.05) is 0 Å². The summed E-state index contributed by atoms with van der Waals surface area (Å²) in [5, 5.41) is 11.7. The van der Waals surface area contributed by atoms with Crippen LogP contribution in [0, 0.1) is 6.92 Å². The second kappa shape index (κ2) is 7.73. The molecule has 5 rings (SSSR count). The van der Waals surface area contributed by atoms with E-state index in [1.165, 1.54) is 22.2 Å². The van der Waals surface area contributed by atoms with Crippen molar-refractivity contribution >= 4 is 33.3 Å². The Balaban J connectivity index is 1.59. The van der Waals surface area contributed by atoms with Gasteiger partial charge in [0.15, 0.2) is 11.0 Å². The first-order chi connectivity index (χ1) is 14.3. The number of aromatic nitrogens is 6. The van der Waals surface area contributed by atoms with Crippen LogP contribution in [-0.4, -0.2) is 29.7 Å². The highest BCUT2D eigenvalue weighted by molar-refractivity contribution is 7.99. The first-order valence-electron chi connectivity index (χ1n) is 9.04. The van der Waals surface area contributed by atoms with Crippen molar-refractivity contribution in [3.63, 3.8) is 0 Å². The highest BCUT2D eigenvalue weighted by atomic mass is 32.2. The largest absolute Gasteiger partial charge is 0.297 e. The summed E-state index contributed by atoms with van der Waals surface area (Å²) in [6, 6.07) is 16.3. The molecule has 0 spiro atoms. The molecule has 29 heavy (non-hydrogen) atoms. The van der Waals surface area contributed by atoms with Gasteiger partial charge in [0.2, 0.25) is 0 Å². The Morgan fingerprint density at radius 2 is 1.83 bits per heavy atom. The van der Waals surface area contributed by atoms with Crippen LogP contribution in [0.15, 0.2) is 77.4 Å². The number of hydrogen-bond acceptors (Lipinski definition) is 7. The molecule has 0 aliphatic rings. The third-order valence-corrected chi connectivity index (χ3v) is 6.40. The zero-order valence-corrected chi connectivity index (χ0v) is 17.2. The molecular formula is C21H16N6S2. The Hall–Kier alpha value is -3.10. The SMILES string of the molecule is Cc1cc2c(Sc3nnc(-c4ccncc4)n3Cc3ccccc3)ncnc2s1. The number of fused-ring (bicyclic) bond motifs is 1. The molecule has 0 radical (unpaired) electrons. The van der Waals surface area contributed by atoms with Crippen molar-refractivity contribution in [2.24, 2.45) is 0 Å². The Morgan fingerprint density at radius 3 is 2.66 bits per heavy atom. The van der Waals surface area contributed by atoms with Gasteiger partial charge in [-0.2, -0.15) is 0 Å². The van der Waals surface area contributed by atoms with Crippen molar-refractivity contribution < 1.29 is 0 Å². The zero-order valence-electron chi connectivity index (χ0n) is 15.6. The third-order valence-electron chi connectivity index (χ3n) is 4.44. The summed E-state index contributed by atoms with van der Waals surface area (Å²) >= 11 is 3.19. The molecule has 0 fully saturated rings. The Morgan fingerprint density at radius 1 is 1.00 bits per heavy atom. The molecule has 0 N–H and O–H groups in total. The van der Waals surface area contributed by atoms with Gasteiger partial charge < -0.3 is 0 Å². The molecule has 0 saturated heterocycles. The van der Waals surface area contributed by atoms with Crippen molar-refractivity contribution in [1.82, 2.24) is 29.7 Å². The summed E-state index contributed by atoms with van der Waals surface area (Å²) in [5.74, 6) is 0.811. The fourth-order valence-corrected chi connectivity index (χ4v) is 4.90. The van der Waals surface area contributed by atoms with Gasteiger partial charge in [0, 0.05) is 28.2 Å². The monoisotopic (exact) mass is 416 g/mol. The van der Waals surface area contributed by atoms with Gasteiger partial charge in [0.05, 0.1) is 6.54 Å². The van der Waals surface area contributed by atoms with E-state index in [1.807, 2.05) is 30.3 Å². The van der Waals surface area contributed by atoms with Crippen LogP contribution in [0.5, 0.6) is 0 Å². The smallest absolute Gasteiger partial charge is 0.198 e. The number of aryl methyl sites for hydroxylation is 1. The highest BCUT2D eigenvalue weighted by Gasteiger charge is 2.18. The number of rotatable bonds is 5. The van der Waals surface area contributed by atoms with Gasteiger partial charge in [0.25, 0.3) is 0 Å². The molecule has 5 aromatic rings. The lowest BCUT2D eigenvalue weighted by Gasteiger charge is -2.10. The minimum Gasteiger partial charge on any atom is -0.297 e. The number of hydrogen-bond donors (Lipinski definition) is 0. The topological polar surface area (TPSA) is 69.4 Å². The van der Waals surface area contributed by atoms with E-state index in [1.54, 1.807) is 30.1 Å². The molecule has 142 valence electrons. The van der Waals surface area contributed by atoms with Crippen LogP contribution < -0.4 is 0 Å². The molecular weight excluding hydrogens is 400 g/mol. The lowest BCUT2D eigenvalue weighted by molar-refractivity contribution is 0.714. The summed E-state index contributed by atoms with van der Waals surface area (Å²) in [6.45, 7) is 2.75. The lowest BCUT2D eigenvalue weighted by Crippen LogP contribution is -2.04. The van der Waals surface area contributed by atoms with E-state index in [0.29, 0.717) is 6.54 Å². The molecule has 0 saturated carbocycles. The summed E-state index contributed by atoms with van der Waals surface area (Å²) in [4.78, 5) is 15.2.